The fourth-order valence-electron chi connectivity index (χ4n) is 2.88. The summed E-state index contributed by atoms with van der Waals surface area (Å²) in [5.74, 6) is -0.229. The van der Waals surface area contributed by atoms with E-state index < -0.39 is 5.97 Å². The number of anilines is 2. The number of para-hydroxylation sites is 1. The summed E-state index contributed by atoms with van der Waals surface area (Å²) in [7, 11) is 0. The van der Waals surface area contributed by atoms with Gasteiger partial charge < -0.3 is 25.2 Å². The van der Waals surface area contributed by atoms with Crippen LogP contribution in [0.2, 0.25) is 0 Å². The second-order valence-corrected chi connectivity index (χ2v) is 6.66. The van der Waals surface area contributed by atoms with Crippen molar-refractivity contribution in [3.05, 3.63) is 83.9 Å². The van der Waals surface area contributed by atoms with Crippen molar-refractivity contribution in [1.82, 2.24) is 0 Å². The molecule has 160 valence electrons. The number of hydrogen-bond acceptors (Lipinski definition) is 5. The van der Waals surface area contributed by atoms with E-state index in [1.165, 1.54) is 0 Å². The number of carbonyl (C=O) groups excluding carboxylic acids is 1. The van der Waals surface area contributed by atoms with Gasteiger partial charge in [-0.05, 0) is 55.0 Å². The topological polar surface area (TPSA) is 96.9 Å². The van der Waals surface area contributed by atoms with Crippen molar-refractivity contribution in [2.45, 2.75) is 13.5 Å². The lowest BCUT2D eigenvalue weighted by Crippen LogP contribution is -2.20. The summed E-state index contributed by atoms with van der Waals surface area (Å²) < 4.78 is 11.3. The molecule has 0 aliphatic heterocycles. The lowest BCUT2D eigenvalue weighted by Gasteiger charge is -2.14. The zero-order valence-corrected chi connectivity index (χ0v) is 17.1. The number of hydrogen-bond donors (Lipinski definition) is 3. The first-order chi connectivity index (χ1) is 15.0. The third kappa shape index (κ3) is 6.50. The molecule has 31 heavy (non-hydrogen) atoms. The molecule has 0 unspecified atom stereocenters. The molecule has 0 radical (unpaired) electrons. The Morgan fingerprint density at radius 3 is 2.39 bits per heavy atom. The molecular formula is C24H24N2O5. The van der Waals surface area contributed by atoms with E-state index in [-0.39, 0.29) is 18.1 Å². The van der Waals surface area contributed by atoms with Gasteiger partial charge >= 0.3 is 5.97 Å². The quantitative estimate of drug-likeness (QED) is 0.449. The molecule has 7 heteroatoms. The van der Waals surface area contributed by atoms with Gasteiger partial charge in [0.05, 0.1) is 12.2 Å². The van der Waals surface area contributed by atoms with Gasteiger partial charge in [0.15, 0.2) is 18.1 Å². The van der Waals surface area contributed by atoms with Crippen LogP contribution in [0.4, 0.5) is 11.4 Å². The smallest absolute Gasteiger partial charge is 0.335 e. The molecule has 0 aliphatic rings. The van der Waals surface area contributed by atoms with Gasteiger partial charge in [0.1, 0.15) is 0 Å². The number of benzene rings is 3. The summed E-state index contributed by atoms with van der Waals surface area (Å²) in [6.07, 6.45) is 0. The van der Waals surface area contributed by atoms with E-state index in [1.807, 2.05) is 37.3 Å². The molecule has 3 aromatic rings. The first-order valence-electron chi connectivity index (χ1n) is 9.86. The number of aromatic carboxylic acids is 1. The summed E-state index contributed by atoms with van der Waals surface area (Å²) in [6, 6.07) is 21.2. The summed E-state index contributed by atoms with van der Waals surface area (Å²) >= 11 is 0. The zero-order chi connectivity index (χ0) is 22.1. The van der Waals surface area contributed by atoms with Crippen LogP contribution in [-0.2, 0) is 11.3 Å². The van der Waals surface area contributed by atoms with Gasteiger partial charge in [0, 0.05) is 17.9 Å². The molecule has 1 amide bonds. The fraction of sp³-hybridized carbons (Fsp3) is 0.167. The molecule has 0 atom stereocenters. The third-order valence-electron chi connectivity index (χ3n) is 4.33. The minimum Gasteiger partial charge on any atom is -0.490 e. The van der Waals surface area contributed by atoms with Crippen LogP contribution in [0.3, 0.4) is 0 Å². The lowest BCUT2D eigenvalue weighted by atomic mass is 10.1. The number of ether oxygens (including phenoxy) is 2. The molecule has 0 spiro atoms. The van der Waals surface area contributed by atoms with Gasteiger partial charge in [-0.15, -0.1) is 0 Å². The maximum Gasteiger partial charge on any atom is 0.335 e. The standard InChI is InChI=1S/C24H24N2O5/c1-2-30-22-13-17(15-25-20-10-6-7-18(14-20)24(28)29)11-12-21(22)31-16-23(27)26-19-8-4-3-5-9-19/h3-14,25H,2,15-16H2,1H3,(H,26,27)(H,28,29). The van der Waals surface area contributed by atoms with Crippen LogP contribution < -0.4 is 20.1 Å². The number of carboxylic acid groups (broad SMARTS) is 1. The fourth-order valence-corrected chi connectivity index (χ4v) is 2.88. The predicted molar refractivity (Wildman–Crippen MR) is 119 cm³/mol. The minimum absolute atomic E-state index is 0.144. The first kappa shape index (κ1) is 21.7. The summed E-state index contributed by atoms with van der Waals surface area (Å²) in [6.45, 7) is 2.64. The SMILES string of the molecule is CCOc1cc(CNc2cccc(C(=O)O)c2)ccc1OCC(=O)Nc1ccccc1. The number of carbonyl (C=O) groups is 2. The molecule has 3 aromatic carbocycles. The highest BCUT2D eigenvalue weighted by molar-refractivity contribution is 5.91. The van der Waals surface area contributed by atoms with Crippen molar-refractivity contribution in [2.24, 2.45) is 0 Å². The zero-order valence-electron chi connectivity index (χ0n) is 17.1. The van der Waals surface area contributed by atoms with E-state index in [4.69, 9.17) is 14.6 Å². The summed E-state index contributed by atoms with van der Waals surface area (Å²) in [5.41, 5.74) is 2.55. The number of nitrogens with one attached hydrogen (secondary N) is 2. The van der Waals surface area contributed by atoms with Crippen LogP contribution >= 0.6 is 0 Å². The van der Waals surface area contributed by atoms with Crippen LogP contribution in [-0.4, -0.2) is 30.2 Å². The lowest BCUT2D eigenvalue weighted by molar-refractivity contribution is -0.118. The van der Waals surface area contributed by atoms with Crippen LogP contribution in [0.1, 0.15) is 22.8 Å². The number of rotatable bonds is 10. The molecule has 0 saturated heterocycles. The van der Waals surface area contributed by atoms with Gasteiger partial charge in [-0.1, -0.05) is 30.3 Å². The minimum atomic E-state index is -0.972. The molecule has 3 N–H and O–H groups in total. The Balaban J connectivity index is 1.61. The van der Waals surface area contributed by atoms with Crippen molar-refractivity contribution in [3.8, 4) is 11.5 Å². The largest absolute Gasteiger partial charge is 0.490 e. The number of carboxylic acids is 1. The normalized spacial score (nSPS) is 10.2. The van der Waals surface area contributed by atoms with Gasteiger partial charge in [0.2, 0.25) is 0 Å². The Kier molecular flexibility index (Phi) is 7.48. The summed E-state index contributed by atoms with van der Waals surface area (Å²) in [5, 5.41) is 15.1. The van der Waals surface area contributed by atoms with Crippen LogP contribution in [0.5, 0.6) is 11.5 Å². The molecule has 0 aromatic heterocycles. The van der Waals surface area contributed by atoms with E-state index in [1.54, 1.807) is 42.5 Å². The van der Waals surface area contributed by atoms with Crippen molar-refractivity contribution >= 4 is 23.3 Å². The molecule has 0 aliphatic carbocycles. The average Bonchev–Trinajstić information content (AvgIpc) is 2.78. The van der Waals surface area contributed by atoms with Crippen molar-refractivity contribution in [1.29, 1.82) is 0 Å². The molecule has 0 fully saturated rings. The van der Waals surface area contributed by atoms with E-state index in [0.29, 0.717) is 36.0 Å². The van der Waals surface area contributed by atoms with E-state index in [0.717, 1.165) is 5.56 Å². The maximum atomic E-state index is 12.1. The predicted octanol–water partition coefficient (Wildman–Crippen LogP) is 4.41. The van der Waals surface area contributed by atoms with E-state index >= 15 is 0 Å². The third-order valence-corrected chi connectivity index (χ3v) is 4.33. The maximum absolute atomic E-state index is 12.1. The van der Waals surface area contributed by atoms with Gasteiger partial charge in [-0.2, -0.15) is 0 Å². The molecule has 0 heterocycles. The van der Waals surface area contributed by atoms with Gasteiger partial charge in [-0.3, -0.25) is 4.79 Å². The van der Waals surface area contributed by atoms with E-state index in [2.05, 4.69) is 10.6 Å². The van der Waals surface area contributed by atoms with Crippen molar-refractivity contribution in [3.63, 3.8) is 0 Å². The van der Waals surface area contributed by atoms with Crippen LogP contribution in [0, 0.1) is 0 Å². The van der Waals surface area contributed by atoms with Crippen LogP contribution in [0.25, 0.3) is 0 Å². The highest BCUT2D eigenvalue weighted by Gasteiger charge is 2.10. The van der Waals surface area contributed by atoms with Gasteiger partial charge in [-0.25, -0.2) is 4.79 Å². The second kappa shape index (κ2) is 10.7. The summed E-state index contributed by atoms with van der Waals surface area (Å²) in [4.78, 5) is 23.2. The Labute approximate surface area is 180 Å². The Hall–Kier alpha value is -4.00. The van der Waals surface area contributed by atoms with Crippen molar-refractivity contribution in [2.75, 3.05) is 23.8 Å². The highest BCUT2D eigenvalue weighted by atomic mass is 16.5. The molecule has 3 rings (SSSR count). The van der Waals surface area contributed by atoms with Crippen molar-refractivity contribution < 1.29 is 24.2 Å². The molecule has 7 nitrogen and oxygen atoms in total. The molecular weight excluding hydrogens is 396 g/mol. The van der Waals surface area contributed by atoms with Crippen LogP contribution in [0.15, 0.2) is 72.8 Å². The van der Waals surface area contributed by atoms with E-state index in [9.17, 15) is 9.59 Å². The highest BCUT2D eigenvalue weighted by Crippen LogP contribution is 2.29. The Morgan fingerprint density at radius 1 is 0.871 bits per heavy atom. The Morgan fingerprint density at radius 2 is 1.65 bits per heavy atom. The Bertz CT molecular complexity index is 1040. The average molecular weight is 420 g/mol. The number of amides is 1. The monoisotopic (exact) mass is 420 g/mol. The van der Waals surface area contributed by atoms with Gasteiger partial charge in [0.25, 0.3) is 5.91 Å². The molecule has 0 bridgehead atoms. The first-order valence-corrected chi connectivity index (χ1v) is 9.86. The second-order valence-electron chi connectivity index (χ2n) is 6.66. The molecule has 0 saturated carbocycles.